The second kappa shape index (κ2) is 9.66. The van der Waals surface area contributed by atoms with Crippen molar-refractivity contribution < 1.29 is 14.3 Å². The number of carbonyl (C=O) groups is 1. The molecule has 0 spiro atoms. The van der Waals surface area contributed by atoms with E-state index in [0.29, 0.717) is 17.1 Å². The number of aliphatic imine (C=N–C) groups is 1. The van der Waals surface area contributed by atoms with E-state index in [2.05, 4.69) is 21.2 Å². The number of amides is 1. The van der Waals surface area contributed by atoms with Gasteiger partial charge in [-0.2, -0.15) is 0 Å². The van der Waals surface area contributed by atoms with Crippen LogP contribution in [0.4, 0.5) is 10.7 Å². The van der Waals surface area contributed by atoms with Gasteiger partial charge in [-0.05, 0) is 55.5 Å². The minimum absolute atomic E-state index is 0.114. The Kier molecular flexibility index (Phi) is 6.73. The fraction of sp³-hybridized carbons (Fsp3) is 0.250. The Morgan fingerprint density at radius 1 is 1.13 bits per heavy atom. The Bertz CT molecular complexity index is 1130. The van der Waals surface area contributed by atoms with Crippen molar-refractivity contribution >= 4 is 50.1 Å². The van der Waals surface area contributed by atoms with Crippen LogP contribution in [0.15, 0.2) is 51.9 Å². The molecule has 3 aromatic rings. The number of nitrogens with zero attached hydrogens (tertiary/aromatic N) is 1. The molecule has 31 heavy (non-hydrogen) atoms. The van der Waals surface area contributed by atoms with Gasteiger partial charge < -0.3 is 14.8 Å². The van der Waals surface area contributed by atoms with Gasteiger partial charge in [-0.25, -0.2) is 4.99 Å². The third-order valence-corrected chi connectivity index (χ3v) is 6.86. The molecule has 0 saturated heterocycles. The summed E-state index contributed by atoms with van der Waals surface area (Å²) in [6.45, 7) is 0. The second-order valence-electron chi connectivity index (χ2n) is 7.20. The molecule has 1 aliphatic carbocycles. The Balaban J connectivity index is 1.73. The van der Waals surface area contributed by atoms with Crippen molar-refractivity contribution in [1.82, 2.24) is 0 Å². The molecule has 2 aromatic carbocycles. The summed E-state index contributed by atoms with van der Waals surface area (Å²) in [5.41, 5.74) is 3.36. The zero-order valence-corrected chi connectivity index (χ0v) is 19.8. The number of benzene rings is 2. The van der Waals surface area contributed by atoms with Gasteiger partial charge in [0, 0.05) is 26.8 Å². The summed E-state index contributed by atoms with van der Waals surface area (Å²) in [6.07, 6.45) is 5.88. The maximum Gasteiger partial charge on any atom is 0.259 e. The van der Waals surface area contributed by atoms with Crippen molar-refractivity contribution in [3.63, 3.8) is 0 Å². The van der Waals surface area contributed by atoms with Crippen LogP contribution in [0.5, 0.6) is 11.5 Å². The van der Waals surface area contributed by atoms with Crippen molar-refractivity contribution in [3.05, 3.63) is 68.5 Å². The minimum atomic E-state index is -0.114. The van der Waals surface area contributed by atoms with Gasteiger partial charge in [0.05, 0.1) is 19.8 Å². The van der Waals surface area contributed by atoms with E-state index in [4.69, 9.17) is 14.5 Å². The topological polar surface area (TPSA) is 59.9 Å². The third-order valence-electron chi connectivity index (χ3n) is 5.20. The maximum absolute atomic E-state index is 13.2. The van der Waals surface area contributed by atoms with Gasteiger partial charge in [0.25, 0.3) is 5.91 Å². The average Bonchev–Trinajstić information content (AvgIpc) is 3.16. The molecule has 1 aliphatic rings. The monoisotopic (exact) mass is 498 g/mol. The van der Waals surface area contributed by atoms with E-state index in [-0.39, 0.29) is 5.91 Å². The normalized spacial score (nSPS) is 13.1. The van der Waals surface area contributed by atoms with Crippen LogP contribution in [0.1, 0.15) is 39.2 Å². The number of carbonyl (C=O) groups excluding carboxylic acids is 1. The van der Waals surface area contributed by atoms with Crippen molar-refractivity contribution in [2.75, 3.05) is 19.5 Å². The molecule has 1 N–H and O–H groups in total. The molecule has 1 heterocycles. The van der Waals surface area contributed by atoms with Crippen LogP contribution >= 0.6 is 27.3 Å². The standard InChI is InChI=1S/C24H23BrN2O3S/c1-29-19-13-16(25)12-15(22(19)30-2)14-26-24-21(18-10-6-7-11-20(18)31-24)23(28)27-17-8-4-3-5-9-17/h3-5,8-9,12-14H,6-7,10-11H2,1-2H3,(H,27,28). The first-order valence-corrected chi connectivity index (χ1v) is 11.7. The number of anilines is 1. The van der Waals surface area contributed by atoms with Crippen molar-refractivity contribution in [2.24, 2.45) is 4.99 Å². The number of nitrogens with one attached hydrogen (secondary N) is 1. The predicted octanol–water partition coefficient (Wildman–Crippen LogP) is 6.41. The summed E-state index contributed by atoms with van der Waals surface area (Å²) in [4.78, 5) is 19.2. The lowest BCUT2D eigenvalue weighted by atomic mass is 9.95. The van der Waals surface area contributed by atoms with Crippen LogP contribution in [0.25, 0.3) is 0 Å². The lowest BCUT2D eigenvalue weighted by Gasteiger charge is -2.13. The number of rotatable bonds is 6. The molecule has 1 amide bonds. The number of para-hydroxylation sites is 1. The van der Waals surface area contributed by atoms with Gasteiger partial charge >= 0.3 is 0 Å². The highest BCUT2D eigenvalue weighted by atomic mass is 79.9. The number of hydrogen-bond acceptors (Lipinski definition) is 5. The van der Waals surface area contributed by atoms with Gasteiger partial charge in [0.1, 0.15) is 5.00 Å². The van der Waals surface area contributed by atoms with Crippen molar-refractivity contribution in [3.8, 4) is 11.5 Å². The first-order valence-electron chi connectivity index (χ1n) is 10.1. The van der Waals surface area contributed by atoms with Crippen molar-refractivity contribution in [2.45, 2.75) is 25.7 Å². The molecule has 0 fully saturated rings. The molecule has 0 saturated carbocycles. The van der Waals surface area contributed by atoms with Crippen LogP contribution < -0.4 is 14.8 Å². The number of hydrogen-bond donors (Lipinski definition) is 1. The summed E-state index contributed by atoms with van der Waals surface area (Å²) in [5, 5.41) is 3.75. The van der Waals surface area contributed by atoms with E-state index in [1.54, 1.807) is 31.8 Å². The van der Waals surface area contributed by atoms with E-state index < -0.39 is 0 Å². The zero-order valence-electron chi connectivity index (χ0n) is 17.4. The molecule has 1 aromatic heterocycles. The maximum atomic E-state index is 13.2. The lowest BCUT2D eigenvalue weighted by Crippen LogP contribution is -2.14. The molecule has 160 valence electrons. The second-order valence-corrected chi connectivity index (χ2v) is 9.20. The summed E-state index contributed by atoms with van der Waals surface area (Å²) in [6, 6.07) is 13.3. The van der Waals surface area contributed by atoms with Gasteiger partial charge in [-0.3, -0.25) is 4.79 Å². The highest BCUT2D eigenvalue weighted by Gasteiger charge is 2.25. The van der Waals surface area contributed by atoms with E-state index >= 15 is 0 Å². The predicted molar refractivity (Wildman–Crippen MR) is 130 cm³/mol. The molecular weight excluding hydrogens is 476 g/mol. The van der Waals surface area contributed by atoms with E-state index in [0.717, 1.165) is 52.0 Å². The summed E-state index contributed by atoms with van der Waals surface area (Å²) >= 11 is 5.11. The first-order chi connectivity index (χ1) is 15.1. The highest BCUT2D eigenvalue weighted by Crippen LogP contribution is 2.41. The smallest absolute Gasteiger partial charge is 0.259 e. The van der Waals surface area contributed by atoms with Crippen LogP contribution in [-0.2, 0) is 12.8 Å². The summed E-state index contributed by atoms with van der Waals surface area (Å²) < 4.78 is 11.8. The molecule has 7 heteroatoms. The Morgan fingerprint density at radius 2 is 1.90 bits per heavy atom. The molecule has 0 radical (unpaired) electrons. The number of methoxy groups -OCH3 is 2. The Labute approximate surface area is 194 Å². The van der Waals surface area contributed by atoms with Crippen LogP contribution in [0.3, 0.4) is 0 Å². The fourth-order valence-electron chi connectivity index (χ4n) is 3.77. The molecule has 0 aliphatic heterocycles. The van der Waals surface area contributed by atoms with E-state index in [1.165, 1.54) is 4.88 Å². The fourth-order valence-corrected chi connectivity index (χ4v) is 5.46. The van der Waals surface area contributed by atoms with Crippen LogP contribution in [0, 0.1) is 0 Å². The third kappa shape index (κ3) is 4.67. The molecule has 0 atom stereocenters. The number of aryl methyl sites for hydroxylation is 1. The average molecular weight is 499 g/mol. The van der Waals surface area contributed by atoms with Gasteiger partial charge in [-0.1, -0.05) is 34.1 Å². The van der Waals surface area contributed by atoms with Crippen molar-refractivity contribution in [1.29, 1.82) is 0 Å². The highest BCUT2D eigenvalue weighted by molar-refractivity contribution is 9.10. The Hall–Kier alpha value is -2.64. The van der Waals surface area contributed by atoms with Gasteiger partial charge in [0.15, 0.2) is 11.5 Å². The first kappa shape index (κ1) is 21.6. The molecule has 0 unspecified atom stereocenters. The SMILES string of the molecule is COc1cc(Br)cc(C=Nc2sc3c(c2C(=O)Nc2ccccc2)CCCC3)c1OC. The quantitative estimate of drug-likeness (QED) is 0.399. The summed E-state index contributed by atoms with van der Waals surface area (Å²) in [5.74, 6) is 1.11. The molecule has 5 nitrogen and oxygen atoms in total. The van der Waals surface area contributed by atoms with Crippen LogP contribution in [0.2, 0.25) is 0 Å². The summed E-state index contributed by atoms with van der Waals surface area (Å²) in [7, 11) is 3.20. The number of halogens is 1. The molecule has 4 rings (SSSR count). The minimum Gasteiger partial charge on any atom is -0.493 e. The number of fused-ring (bicyclic) bond motifs is 1. The largest absolute Gasteiger partial charge is 0.493 e. The van der Waals surface area contributed by atoms with Gasteiger partial charge in [0.2, 0.25) is 0 Å². The molecular formula is C24H23BrN2O3S. The Morgan fingerprint density at radius 3 is 2.65 bits per heavy atom. The molecule has 0 bridgehead atoms. The van der Waals surface area contributed by atoms with E-state index in [9.17, 15) is 4.79 Å². The zero-order chi connectivity index (χ0) is 21.8. The number of thiophene rings is 1. The van der Waals surface area contributed by atoms with Gasteiger partial charge in [-0.15, -0.1) is 11.3 Å². The van der Waals surface area contributed by atoms with Crippen LogP contribution in [-0.4, -0.2) is 26.3 Å². The van der Waals surface area contributed by atoms with E-state index in [1.807, 2.05) is 42.5 Å². The lowest BCUT2D eigenvalue weighted by molar-refractivity contribution is 0.102. The number of ether oxygens (including phenoxy) is 2.